The second-order valence-corrected chi connectivity index (χ2v) is 5.84. The molecule has 0 aliphatic carbocycles. The van der Waals surface area contributed by atoms with Crippen molar-refractivity contribution in [3.8, 4) is 0 Å². The topological polar surface area (TPSA) is 84.2 Å². The lowest BCUT2D eigenvalue weighted by atomic mass is 10.0. The fraction of sp³-hybridized carbons (Fsp3) is 0.263. The van der Waals surface area contributed by atoms with Crippen LogP contribution in [0.3, 0.4) is 0 Å². The molecular weight excluding hydrogens is 376 g/mol. The van der Waals surface area contributed by atoms with Gasteiger partial charge in [-0.05, 0) is 17.7 Å². The Balaban J connectivity index is 0.00000364. The first-order chi connectivity index (χ1) is 12.4. The molecule has 1 atom stereocenters. The molecule has 27 heavy (non-hydrogen) atoms. The summed E-state index contributed by atoms with van der Waals surface area (Å²) in [6.45, 7) is -1.68. The van der Waals surface area contributed by atoms with E-state index in [1.165, 1.54) is 0 Å². The third kappa shape index (κ3) is 7.32. The Hall–Kier alpha value is -2.51. The van der Waals surface area contributed by atoms with Crippen molar-refractivity contribution in [3.05, 3.63) is 71.8 Å². The van der Waals surface area contributed by atoms with Crippen LogP contribution < -0.4 is 16.4 Å². The summed E-state index contributed by atoms with van der Waals surface area (Å²) in [6.07, 6.45) is -0.163. The maximum atomic E-state index is 13.2. The van der Waals surface area contributed by atoms with Crippen LogP contribution in [0.1, 0.15) is 28.4 Å². The predicted octanol–water partition coefficient (Wildman–Crippen LogP) is 2.68. The average Bonchev–Trinajstić information content (AvgIpc) is 2.67. The quantitative estimate of drug-likeness (QED) is 0.640. The highest BCUT2D eigenvalue weighted by atomic mass is 35.5. The highest BCUT2D eigenvalue weighted by Crippen LogP contribution is 2.18. The minimum Gasteiger partial charge on any atom is -0.350 e. The van der Waals surface area contributed by atoms with Crippen molar-refractivity contribution >= 4 is 24.2 Å². The number of carbonyl (C=O) groups is 2. The van der Waals surface area contributed by atoms with Gasteiger partial charge < -0.3 is 16.4 Å². The second-order valence-electron chi connectivity index (χ2n) is 5.84. The van der Waals surface area contributed by atoms with Crippen LogP contribution in [0, 0.1) is 0 Å². The zero-order valence-electron chi connectivity index (χ0n) is 14.5. The van der Waals surface area contributed by atoms with Gasteiger partial charge in [0, 0.05) is 5.56 Å². The summed E-state index contributed by atoms with van der Waals surface area (Å²) in [6, 6.07) is 16.8. The molecule has 2 rings (SSSR count). The summed E-state index contributed by atoms with van der Waals surface area (Å²) in [7, 11) is 0. The Morgan fingerprint density at radius 1 is 1.00 bits per heavy atom. The Bertz CT molecular complexity index is 730. The lowest BCUT2D eigenvalue weighted by Gasteiger charge is -2.20. The summed E-state index contributed by atoms with van der Waals surface area (Å²) < 4.78 is 26.4. The zero-order chi connectivity index (χ0) is 19.0. The third-order valence-electron chi connectivity index (χ3n) is 3.78. The average molecular weight is 398 g/mol. The molecule has 0 fully saturated rings. The van der Waals surface area contributed by atoms with E-state index in [4.69, 9.17) is 5.73 Å². The van der Waals surface area contributed by atoms with Gasteiger partial charge in [0.1, 0.15) is 0 Å². The van der Waals surface area contributed by atoms with Crippen molar-refractivity contribution < 1.29 is 18.4 Å². The minimum atomic E-state index is -3.16. The van der Waals surface area contributed by atoms with E-state index in [9.17, 15) is 18.4 Å². The number of benzene rings is 2. The SMILES string of the molecule is Cl.NCC(F)(F)CNC(=O)CC(NC(=O)c1ccccc1)c1ccccc1. The van der Waals surface area contributed by atoms with Gasteiger partial charge in [0.25, 0.3) is 11.8 Å². The van der Waals surface area contributed by atoms with Gasteiger partial charge >= 0.3 is 0 Å². The Kier molecular flexibility index (Phi) is 8.84. The van der Waals surface area contributed by atoms with Gasteiger partial charge in [0.2, 0.25) is 5.91 Å². The first-order valence-corrected chi connectivity index (χ1v) is 8.17. The highest BCUT2D eigenvalue weighted by Gasteiger charge is 2.28. The maximum Gasteiger partial charge on any atom is 0.277 e. The molecule has 0 radical (unpaired) electrons. The van der Waals surface area contributed by atoms with E-state index < -0.39 is 31.0 Å². The lowest BCUT2D eigenvalue weighted by molar-refractivity contribution is -0.123. The molecule has 5 nitrogen and oxygen atoms in total. The molecule has 0 saturated carbocycles. The lowest BCUT2D eigenvalue weighted by Crippen LogP contribution is -2.42. The first kappa shape index (κ1) is 22.5. The number of nitrogens with one attached hydrogen (secondary N) is 2. The molecule has 2 aromatic rings. The van der Waals surface area contributed by atoms with Crippen molar-refractivity contribution in [3.63, 3.8) is 0 Å². The molecule has 0 aliphatic rings. The van der Waals surface area contributed by atoms with Crippen LogP contribution in [0.2, 0.25) is 0 Å². The summed E-state index contributed by atoms with van der Waals surface area (Å²) in [5.74, 6) is -4.11. The van der Waals surface area contributed by atoms with Gasteiger partial charge in [-0.2, -0.15) is 0 Å². The first-order valence-electron chi connectivity index (χ1n) is 8.17. The van der Waals surface area contributed by atoms with Crippen LogP contribution in [0.5, 0.6) is 0 Å². The van der Waals surface area contributed by atoms with Gasteiger partial charge in [-0.15, -0.1) is 12.4 Å². The number of amides is 2. The number of nitrogens with two attached hydrogens (primary N) is 1. The third-order valence-corrected chi connectivity index (χ3v) is 3.78. The van der Waals surface area contributed by atoms with Crippen molar-refractivity contribution in [2.45, 2.75) is 18.4 Å². The molecule has 0 aromatic heterocycles. The van der Waals surface area contributed by atoms with Crippen molar-refractivity contribution in [2.24, 2.45) is 5.73 Å². The highest BCUT2D eigenvalue weighted by molar-refractivity contribution is 5.94. The minimum absolute atomic E-state index is 0. The smallest absolute Gasteiger partial charge is 0.277 e. The van der Waals surface area contributed by atoms with E-state index >= 15 is 0 Å². The van der Waals surface area contributed by atoms with Gasteiger partial charge in [-0.1, -0.05) is 48.5 Å². The van der Waals surface area contributed by atoms with Gasteiger partial charge in [-0.25, -0.2) is 8.78 Å². The predicted molar refractivity (Wildman–Crippen MR) is 102 cm³/mol. The number of halogens is 3. The molecule has 0 spiro atoms. The normalized spacial score (nSPS) is 11.8. The molecule has 1 unspecified atom stereocenters. The van der Waals surface area contributed by atoms with E-state index in [0.29, 0.717) is 11.1 Å². The van der Waals surface area contributed by atoms with Crippen molar-refractivity contribution in [1.29, 1.82) is 0 Å². The van der Waals surface area contributed by atoms with Crippen LogP contribution in [0.25, 0.3) is 0 Å². The molecule has 146 valence electrons. The Morgan fingerprint density at radius 3 is 2.11 bits per heavy atom. The summed E-state index contributed by atoms with van der Waals surface area (Å²) in [5, 5.41) is 4.95. The van der Waals surface area contributed by atoms with Gasteiger partial charge in [-0.3, -0.25) is 9.59 Å². The molecule has 8 heteroatoms. The monoisotopic (exact) mass is 397 g/mol. The van der Waals surface area contributed by atoms with Crippen LogP contribution in [0.4, 0.5) is 8.78 Å². The molecule has 0 aliphatic heterocycles. The van der Waals surface area contributed by atoms with E-state index in [1.807, 2.05) is 0 Å². The summed E-state index contributed by atoms with van der Waals surface area (Å²) in [5.41, 5.74) is 6.11. The van der Waals surface area contributed by atoms with E-state index in [1.54, 1.807) is 60.7 Å². The van der Waals surface area contributed by atoms with Crippen LogP contribution in [-0.2, 0) is 4.79 Å². The van der Waals surface area contributed by atoms with Crippen LogP contribution >= 0.6 is 12.4 Å². The Labute approximate surface area is 162 Å². The standard InChI is InChI=1S/C19H21F2N3O2.ClH/c20-19(21,12-22)13-23-17(25)11-16(14-7-3-1-4-8-14)24-18(26)15-9-5-2-6-10-15;/h1-10,16H,11-13,22H2,(H,23,25)(H,24,26);1H. The molecule has 2 aromatic carbocycles. The van der Waals surface area contributed by atoms with Crippen LogP contribution in [0.15, 0.2) is 60.7 Å². The zero-order valence-corrected chi connectivity index (χ0v) is 15.3. The summed E-state index contributed by atoms with van der Waals surface area (Å²) in [4.78, 5) is 24.5. The molecule has 2 amide bonds. The van der Waals surface area contributed by atoms with Gasteiger partial charge in [0.15, 0.2) is 0 Å². The largest absolute Gasteiger partial charge is 0.350 e. The number of alkyl halides is 2. The van der Waals surface area contributed by atoms with E-state index in [2.05, 4.69) is 10.6 Å². The fourth-order valence-electron chi connectivity index (χ4n) is 2.33. The number of hydrogen-bond acceptors (Lipinski definition) is 3. The fourth-order valence-corrected chi connectivity index (χ4v) is 2.33. The van der Waals surface area contributed by atoms with Crippen LogP contribution in [-0.4, -0.2) is 30.8 Å². The van der Waals surface area contributed by atoms with E-state index in [-0.39, 0.29) is 24.7 Å². The van der Waals surface area contributed by atoms with E-state index in [0.717, 1.165) is 0 Å². The molecule has 4 N–H and O–H groups in total. The van der Waals surface area contributed by atoms with Crippen molar-refractivity contribution in [2.75, 3.05) is 13.1 Å². The number of carbonyl (C=O) groups excluding carboxylic acids is 2. The molecule has 0 bridgehead atoms. The maximum absolute atomic E-state index is 13.2. The Morgan fingerprint density at radius 2 is 1.56 bits per heavy atom. The number of rotatable bonds is 8. The van der Waals surface area contributed by atoms with Crippen molar-refractivity contribution in [1.82, 2.24) is 10.6 Å². The second kappa shape index (κ2) is 10.6. The molecule has 0 heterocycles. The molecule has 0 saturated heterocycles. The van der Waals surface area contributed by atoms with Gasteiger partial charge in [0.05, 0.1) is 25.6 Å². The summed E-state index contributed by atoms with van der Waals surface area (Å²) >= 11 is 0. The molecular formula is C19H22ClF2N3O2. The number of hydrogen-bond donors (Lipinski definition) is 3.